The second-order valence-corrected chi connectivity index (χ2v) is 2.08. The highest BCUT2D eigenvalue weighted by atomic mass is 32.1. The number of hydrogen-bond donors (Lipinski definition) is 1. The summed E-state index contributed by atoms with van der Waals surface area (Å²) in [7, 11) is 0. The van der Waals surface area contributed by atoms with E-state index < -0.39 is 5.97 Å². The second kappa shape index (κ2) is 2.54. The van der Waals surface area contributed by atoms with Crippen LogP contribution in [-0.4, -0.2) is 20.7 Å². The van der Waals surface area contributed by atoms with Gasteiger partial charge < -0.3 is 5.11 Å². The molecule has 1 rings (SSSR count). The number of rotatable bonds is 2. The van der Waals surface area contributed by atoms with Crippen molar-refractivity contribution in [3.63, 3.8) is 0 Å². The maximum Gasteiger partial charge on any atom is 0.309 e. The third kappa shape index (κ3) is 1.77. The summed E-state index contributed by atoms with van der Waals surface area (Å²) in [5.74, 6) is -0.873. The molecule has 0 aliphatic carbocycles. The van der Waals surface area contributed by atoms with Crippen molar-refractivity contribution in [3.8, 4) is 0 Å². The van der Waals surface area contributed by atoms with E-state index in [1.54, 1.807) is 5.38 Å². The van der Waals surface area contributed by atoms with Crippen LogP contribution in [0.2, 0.25) is 0 Å². The van der Waals surface area contributed by atoms with E-state index in [0.29, 0.717) is 5.69 Å². The summed E-state index contributed by atoms with van der Waals surface area (Å²) in [5, 5.41) is 13.4. The summed E-state index contributed by atoms with van der Waals surface area (Å²) < 4.78 is 3.50. The van der Waals surface area contributed by atoms with Crippen LogP contribution in [0.15, 0.2) is 5.38 Å². The highest BCUT2D eigenvalue weighted by molar-refractivity contribution is 7.03. The molecule has 0 aromatic carbocycles. The van der Waals surface area contributed by atoms with Crippen molar-refractivity contribution in [3.05, 3.63) is 11.1 Å². The molecular formula is C4H4N2O2S. The first-order valence-corrected chi connectivity index (χ1v) is 3.10. The van der Waals surface area contributed by atoms with Gasteiger partial charge in [-0.25, -0.2) is 0 Å². The molecule has 1 N–H and O–H groups in total. The van der Waals surface area contributed by atoms with Crippen LogP contribution in [0.1, 0.15) is 5.69 Å². The normalized spacial score (nSPS) is 9.33. The minimum absolute atomic E-state index is 0.0313. The largest absolute Gasteiger partial charge is 0.481 e. The molecule has 0 unspecified atom stereocenters. The number of nitrogens with zero attached hydrogens (tertiary/aromatic N) is 2. The van der Waals surface area contributed by atoms with Crippen LogP contribution >= 0.6 is 11.5 Å². The highest BCUT2D eigenvalue weighted by Gasteiger charge is 2.00. The Morgan fingerprint density at radius 3 is 3.11 bits per heavy atom. The quantitative estimate of drug-likeness (QED) is 0.642. The van der Waals surface area contributed by atoms with Gasteiger partial charge in [0.25, 0.3) is 0 Å². The average molecular weight is 144 g/mol. The Morgan fingerprint density at radius 1 is 1.89 bits per heavy atom. The van der Waals surface area contributed by atoms with Gasteiger partial charge in [0.05, 0.1) is 12.1 Å². The zero-order valence-electron chi connectivity index (χ0n) is 4.44. The van der Waals surface area contributed by atoms with Gasteiger partial charge in [-0.1, -0.05) is 4.49 Å². The van der Waals surface area contributed by atoms with E-state index in [-0.39, 0.29) is 6.42 Å². The molecule has 5 heteroatoms. The lowest BCUT2D eigenvalue weighted by Crippen LogP contribution is -1.99. The van der Waals surface area contributed by atoms with Crippen LogP contribution in [0.3, 0.4) is 0 Å². The first-order chi connectivity index (χ1) is 4.29. The van der Waals surface area contributed by atoms with Crippen molar-refractivity contribution in [2.75, 3.05) is 0 Å². The number of carboxylic acid groups (broad SMARTS) is 1. The summed E-state index contributed by atoms with van der Waals surface area (Å²) in [5.41, 5.74) is 0.521. The van der Waals surface area contributed by atoms with E-state index >= 15 is 0 Å². The molecule has 0 bridgehead atoms. The summed E-state index contributed by atoms with van der Waals surface area (Å²) >= 11 is 1.16. The van der Waals surface area contributed by atoms with E-state index in [0.717, 1.165) is 11.5 Å². The van der Waals surface area contributed by atoms with E-state index in [9.17, 15) is 4.79 Å². The van der Waals surface area contributed by atoms with Gasteiger partial charge in [0.15, 0.2) is 0 Å². The molecule has 48 valence electrons. The molecule has 0 fully saturated rings. The summed E-state index contributed by atoms with van der Waals surface area (Å²) in [6.07, 6.45) is -0.0313. The molecule has 4 nitrogen and oxygen atoms in total. The Bertz CT molecular complexity index is 196. The average Bonchev–Trinajstić information content (AvgIpc) is 2.15. The van der Waals surface area contributed by atoms with Gasteiger partial charge in [-0.15, -0.1) is 5.10 Å². The Morgan fingerprint density at radius 2 is 2.67 bits per heavy atom. The molecule has 0 saturated heterocycles. The number of carboxylic acids is 1. The van der Waals surface area contributed by atoms with Gasteiger partial charge in [0.2, 0.25) is 0 Å². The van der Waals surface area contributed by atoms with E-state index in [1.165, 1.54) is 0 Å². The number of carbonyl (C=O) groups is 1. The minimum Gasteiger partial charge on any atom is -0.481 e. The molecule has 0 radical (unpaired) electrons. The predicted molar refractivity (Wildman–Crippen MR) is 31.2 cm³/mol. The van der Waals surface area contributed by atoms with Crippen LogP contribution in [0.25, 0.3) is 0 Å². The molecule has 0 spiro atoms. The van der Waals surface area contributed by atoms with Crippen molar-refractivity contribution in [1.29, 1.82) is 0 Å². The van der Waals surface area contributed by atoms with Crippen LogP contribution in [0.4, 0.5) is 0 Å². The monoisotopic (exact) mass is 144 g/mol. The van der Waals surface area contributed by atoms with Crippen LogP contribution < -0.4 is 0 Å². The fourth-order valence-corrected chi connectivity index (χ4v) is 0.867. The molecule has 0 saturated carbocycles. The molecule has 0 amide bonds. The third-order valence-corrected chi connectivity index (χ3v) is 1.29. The number of aromatic nitrogens is 2. The van der Waals surface area contributed by atoms with Crippen molar-refractivity contribution in [2.45, 2.75) is 6.42 Å². The maximum absolute atomic E-state index is 10.0. The van der Waals surface area contributed by atoms with E-state index in [1.807, 2.05) is 0 Å². The molecule has 1 aromatic heterocycles. The van der Waals surface area contributed by atoms with Crippen LogP contribution in [0, 0.1) is 0 Å². The van der Waals surface area contributed by atoms with Crippen LogP contribution in [0.5, 0.6) is 0 Å². The third-order valence-electron chi connectivity index (χ3n) is 0.737. The van der Waals surface area contributed by atoms with Gasteiger partial charge in [0.1, 0.15) is 0 Å². The molecule has 0 aliphatic heterocycles. The van der Waals surface area contributed by atoms with Crippen molar-refractivity contribution in [2.24, 2.45) is 0 Å². The summed E-state index contributed by atoms with van der Waals surface area (Å²) in [6, 6.07) is 0. The fraction of sp³-hybridized carbons (Fsp3) is 0.250. The summed E-state index contributed by atoms with van der Waals surface area (Å²) in [6.45, 7) is 0. The molecule has 0 aliphatic rings. The van der Waals surface area contributed by atoms with Crippen molar-refractivity contribution in [1.82, 2.24) is 9.59 Å². The number of hydrogen-bond acceptors (Lipinski definition) is 4. The molecule has 9 heavy (non-hydrogen) atoms. The lowest BCUT2D eigenvalue weighted by Gasteiger charge is -1.82. The van der Waals surface area contributed by atoms with E-state index in [2.05, 4.69) is 9.59 Å². The molecule has 1 aromatic rings. The van der Waals surface area contributed by atoms with Gasteiger partial charge in [-0.2, -0.15) is 0 Å². The zero-order chi connectivity index (χ0) is 6.69. The first kappa shape index (κ1) is 6.15. The van der Waals surface area contributed by atoms with Gasteiger partial charge >= 0.3 is 5.97 Å². The number of aliphatic carboxylic acids is 1. The predicted octanol–water partition coefficient (Wildman–Crippen LogP) is 0.165. The Balaban J connectivity index is 2.58. The lowest BCUT2D eigenvalue weighted by molar-refractivity contribution is -0.136. The second-order valence-electron chi connectivity index (χ2n) is 1.47. The maximum atomic E-state index is 10.0. The Hall–Kier alpha value is -0.970. The highest BCUT2D eigenvalue weighted by Crippen LogP contribution is 1.96. The van der Waals surface area contributed by atoms with Crippen LogP contribution in [-0.2, 0) is 11.2 Å². The van der Waals surface area contributed by atoms with Gasteiger partial charge in [0, 0.05) is 5.38 Å². The SMILES string of the molecule is O=C(O)Cc1csnn1. The summed E-state index contributed by atoms with van der Waals surface area (Å²) in [4.78, 5) is 10.0. The minimum atomic E-state index is -0.873. The fourth-order valence-electron chi connectivity index (χ4n) is 0.416. The zero-order valence-corrected chi connectivity index (χ0v) is 5.26. The van der Waals surface area contributed by atoms with Gasteiger partial charge in [-0.05, 0) is 11.5 Å². The Labute approximate surface area is 55.3 Å². The van der Waals surface area contributed by atoms with E-state index in [4.69, 9.17) is 5.11 Å². The molecule has 1 heterocycles. The van der Waals surface area contributed by atoms with Crippen molar-refractivity contribution < 1.29 is 9.90 Å². The standard InChI is InChI=1S/C4H4N2O2S/c7-4(8)1-3-2-9-6-5-3/h2H,1H2,(H,7,8). The van der Waals surface area contributed by atoms with Crippen molar-refractivity contribution >= 4 is 17.5 Å². The molecule has 0 atom stereocenters. The molecular weight excluding hydrogens is 140 g/mol. The first-order valence-electron chi connectivity index (χ1n) is 2.27. The topological polar surface area (TPSA) is 63.1 Å². The smallest absolute Gasteiger partial charge is 0.309 e. The lowest BCUT2D eigenvalue weighted by atomic mass is 10.4. The Kier molecular flexibility index (Phi) is 1.74. The van der Waals surface area contributed by atoms with Gasteiger partial charge in [-0.3, -0.25) is 4.79 Å².